The van der Waals surface area contributed by atoms with Gasteiger partial charge in [-0.15, -0.1) is 0 Å². The van der Waals surface area contributed by atoms with Gasteiger partial charge in [-0.1, -0.05) is 46.2 Å². The highest BCUT2D eigenvalue weighted by atomic mass is 15.2. The summed E-state index contributed by atoms with van der Waals surface area (Å²) in [5, 5.41) is 4.18. The molecule has 0 aromatic carbocycles. The molecule has 3 nitrogen and oxygen atoms in total. The Labute approximate surface area is 99.2 Å². The van der Waals surface area contributed by atoms with Gasteiger partial charge in [0.2, 0.25) is 0 Å². The first-order valence-electron chi connectivity index (χ1n) is 6.31. The number of azide groups is 1. The van der Waals surface area contributed by atoms with Crippen LogP contribution in [0.1, 0.15) is 66.7 Å². The molecule has 0 aromatic rings. The zero-order chi connectivity index (χ0) is 12.4. The molecule has 3 heteroatoms. The van der Waals surface area contributed by atoms with Crippen LogP contribution in [0.4, 0.5) is 0 Å². The maximum absolute atomic E-state index is 8.81. The Balaban J connectivity index is 3.04. The number of hydrogen-bond donors (Lipinski definition) is 0. The first-order valence-corrected chi connectivity index (χ1v) is 6.31. The van der Waals surface area contributed by atoms with Crippen molar-refractivity contribution in [3.63, 3.8) is 0 Å². The highest BCUT2D eigenvalue weighted by Gasteiger charge is 2.46. The second-order valence-corrected chi connectivity index (χ2v) is 7.02. The van der Waals surface area contributed by atoms with E-state index in [9.17, 15) is 0 Å². The van der Waals surface area contributed by atoms with Crippen molar-refractivity contribution in [3.8, 4) is 0 Å². The van der Waals surface area contributed by atoms with Crippen LogP contribution >= 0.6 is 0 Å². The van der Waals surface area contributed by atoms with Gasteiger partial charge < -0.3 is 0 Å². The summed E-state index contributed by atoms with van der Waals surface area (Å²) in [7, 11) is 0. The third-order valence-electron chi connectivity index (χ3n) is 3.54. The Morgan fingerprint density at radius 2 is 1.56 bits per heavy atom. The van der Waals surface area contributed by atoms with E-state index in [-0.39, 0.29) is 16.4 Å². The van der Waals surface area contributed by atoms with Crippen molar-refractivity contribution >= 4 is 0 Å². The van der Waals surface area contributed by atoms with E-state index in [1.807, 2.05) is 0 Å². The normalized spacial score (nSPS) is 25.8. The van der Waals surface area contributed by atoms with E-state index >= 15 is 0 Å². The topological polar surface area (TPSA) is 48.8 Å². The van der Waals surface area contributed by atoms with E-state index in [0.717, 1.165) is 25.7 Å². The fourth-order valence-electron chi connectivity index (χ4n) is 4.12. The average Bonchev–Trinajstić information content (AvgIpc) is 1.97. The van der Waals surface area contributed by atoms with Crippen LogP contribution in [-0.4, -0.2) is 5.54 Å². The summed E-state index contributed by atoms with van der Waals surface area (Å²) in [6.07, 6.45) is 5.38. The van der Waals surface area contributed by atoms with Gasteiger partial charge in [0.1, 0.15) is 0 Å². The zero-order valence-corrected chi connectivity index (χ0v) is 11.4. The molecule has 92 valence electrons. The van der Waals surface area contributed by atoms with Crippen molar-refractivity contribution in [2.24, 2.45) is 15.9 Å². The Kier molecular flexibility index (Phi) is 3.59. The summed E-state index contributed by atoms with van der Waals surface area (Å²) in [5.41, 5.74) is 9.23. The highest BCUT2D eigenvalue weighted by Crippen LogP contribution is 2.53. The minimum atomic E-state index is -0.144. The quantitative estimate of drug-likeness (QED) is 0.364. The second-order valence-electron chi connectivity index (χ2n) is 7.02. The molecule has 1 rings (SSSR count). The van der Waals surface area contributed by atoms with Gasteiger partial charge in [-0.2, -0.15) is 0 Å². The molecule has 1 fully saturated rings. The van der Waals surface area contributed by atoms with Crippen molar-refractivity contribution in [2.45, 2.75) is 72.3 Å². The molecule has 0 spiro atoms. The lowest BCUT2D eigenvalue weighted by molar-refractivity contribution is 0.0443. The molecule has 0 aromatic heterocycles. The third-order valence-corrected chi connectivity index (χ3v) is 3.54. The molecular weight excluding hydrogens is 198 g/mol. The van der Waals surface area contributed by atoms with Crippen LogP contribution in [0.25, 0.3) is 10.4 Å². The Hall–Kier alpha value is -0.690. The molecule has 1 aliphatic rings. The summed E-state index contributed by atoms with van der Waals surface area (Å²) in [5.74, 6) is 0. The summed E-state index contributed by atoms with van der Waals surface area (Å²) >= 11 is 0. The van der Waals surface area contributed by atoms with Gasteiger partial charge in [-0.25, -0.2) is 0 Å². The van der Waals surface area contributed by atoms with Crippen LogP contribution in [-0.2, 0) is 0 Å². The third kappa shape index (κ3) is 3.15. The van der Waals surface area contributed by atoms with Crippen molar-refractivity contribution in [1.82, 2.24) is 0 Å². The molecule has 0 aliphatic heterocycles. The molecule has 16 heavy (non-hydrogen) atoms. The fourth-order valence-corrected chi connectivity index (χ4v) is 4.12. The van der Waals surface area contributed by atoms with Crippen molar-refractivity contribution < 1.29 is 0 Å². The number of rotatable bonds is 3. The van der Waals surface area contributed by atoms with Crippen LogP contribution in [0.2, 0.25) is 0 Å². The maximum Gasteiger partial charge on any atom is 0.0498 e. The largest absolute Gasteiger partial charge is 0.0872 e. The van der Waals surface area contributed by atoms with Gasteiger partial charge in [-0.3, -0.25) is 0 Å². The summed E-state index contributed by atoms with van der Waals surface area (Å²) in [4.78, 5) is 3.11. The Morgan fingerprint density at radius 3 is 1.94 bits per heavy atom. The van der Waals surface area contributed by atoms with Crippen molar-refractivity contribution in [2.75, 3.05) is 0 Å². The van der Waals surface area contributed by atoms with Gasteiger partial charge in [0, 0.05) is 10.5 Å². The highest BCUT2D eigenvalue weighted by molar-refractivity contribution is 5.02. The van der Waals surface area contributed by atoms with E-state index in [2.05, 4.69) is 44.6 Å². The Morgan fingerprint density at radius 1 is 1.06 bits per heavy atom. The molecule has 1 saturated carbocycles. The van der Waals surface area contributed by atoms with Crippen LogP contribution in [0.3, 0.4) is 0 Å². The van der Waals surface area contributed by atoms with Gasteiger partial charge >= 0.3 is 0 Å². The fraction of sp³-hybridized carbons (Fsp3) is 1.00. The lowest BCUT2D eigenvalue weighted by atomic mass is 9.58. The summed E-state index contributed by atoms with van der Waals surface area (Å²) < 4.78 is 0. The van der Waals surface area contributed by atoms with Crippen molar-refractivity contribution in [3.05, 3.63) is 10.4 Å². The van der Waals surface area contributed by atoms with E-state index < -0.39 is 0 Å². The lowest BCUT2D eigenvalue weighted by Crippen LogP contribution is -2.44. The first-order chi connectivity index (χ1) is 7.24. The molecule has 1 aliphatic carbocycles. The molecule has 0 heterocycles. The summed E-state index contributed by atoms with van der Waals surface area (Å²) in [6, 6.07) is 0. The monoisotopic (exact) mass is 223 g/mol. The van der Waals surface area contributed by atoms with Crippen LogP contribution in [0, 0.1) is 10.8 Å². The van der Waals surface area contributed by atoms with Crippen LogP contribution < -0.4 is 0 Å². The van der Waals surface area contributed by atoms with Gasteiger partial charge in [0.05, 0.1) is 0 Å². The van der Waals surface area contributed by atoms with E-state index in [0.29, 0.717) is 0 Å². The molecule has 0 N–H and O–H groups in total. The number of hydrogen-bond acceptors (Lipinski definition) is 1. The van der Waals surface area contributed by atoms with E-state index in [1.165, 1.54) is 6.42 Å². The standard InChI is InChI=1S/C13H25N3/c1-6-7-13(15-16-14)9-11(2,3)8-12(4,5)10-13/h6-10H2,1-5H3. The second kappa shape index (κ2) is 4.29. The molecule has 0 unspecified atom stereocenters. The van der Waals surface area contributed by atoms with E-state index in [4.69, 9.17) is 5.53 Å². The minimum Gasteiger partial charge on any atom is -0.0872 e. The predicted octanol–water partition coefficient (Wildman–Crippen LogP) is 5.07. The van der Waals surface area contributed by atoms with Crippen LogP contribution in [0.5, 0.6) is 0 Å². The van der Waals surface area contributed by atoms with Gasteiger partial charge in [-0.05, 0) is 42.0 Å². The van der Waals surface area contributed by atoms with Gasteiger partial charge in [0.25, 0.3) is 0 Å². The van der Waals surface area contributed by atoms with Crippen molar-refractivity contribution in [1.29, 1.82) is 0 Å². The zero-order valence-electron chi connectivity index (χ0n) is 11.4. The molecule has 0 bridgehead atoms. The van der Waals surface area contributed by atoms with Gasteiger partial charge in [0.15, 0.2) is 0 Å². The SMILES string of the molecule is CCCC1(N=[N+]=[N-])CC(C)(C)CC(C)(C)C1. The average molecular weight is 223 g/mol. The van der Waals surface area contributed by atoms with Crippen LogP contribution in [0.15, 0.2) is 5.11 Å². The minimum absolute atomic E-state index is 0.144. The first kappa shape index (κ1) is 13.4. The molecule has 0 radical (unpaired) electrons. The van der Waals surface area contributed by atoms with E-state index in [1.54, 1.807) is 0 Å². The molecule has 0 atom stereocenters. The molecule has 0 amide bonds. The maximum atomic E-state index is 8.81. The number of nitrogens with zero attached hydrogens (tertiary/aromatic N) is 3. The lowest BCUT2D eigenvalue weighted by Gasteiger charge is -2.50. The molecular formula is C13H25N3. The molecule has 0 saturated heterocycles. The smallest absolute Gasteiger partial charge is 0.0498 e. The predicted molar refractivity (Wildman–Crippen MR) is 68.2 cm³/mol. The summed E-state index contributed by atoms with van der Waals surface area (Å²) in [6.45, 7) is 11.4. The Bertz CT molecular complexity index is 282.